The molecule has 4 rings (SSSR count). The molecule has 3 aromatic rings. The lowest BCUT2D eigenvalue weighted by Gasteiger charge is -2.27. The van der Waals surface area contributed by atoms with E-state index in [9.17, 15) is 9.59 Å². The average molecular weight is 432 g/mol. The Kier molecular flexibility index (Phi) is 6.10. The van der Waals surface area contributed by atoms with Crippen molar-refractivity contribution in [1.82, 2.24) is 9.55 Å². The summed E-state index contributed by atoms with van der Waals surface area (Å²) in [5.74, 6) is 3.74. The van der Waals surface area contributed by atoms with Gasteiger partial charge in [0.2, 0.25) is 5.91 Å². The van der Waals surface area contributed by atoms with Crippen LogP contribution in [0.5, 0.6) is 5.75 Å². The molecule has 1 aliphatic rings. The first kappa shape index (κ1) is 20.8. The van der Waals surface area contributed by atoms with E-state index in [-0.39, 0.29) is 30.4 Å². The molecule has 1 aliphatic heterocycles. The zero-order valence-electron chi connectivity index (χ0n) is 17.0. The number of rotatable bonds is 6. The van der Waals surface area contributed by atoms with Crippen LogP contribution in [0.1, 0.15) is 29.0 Å². The highest BCUT2D eigenvalue weighted by Gasteiger charge is 2.32. The Balaban J connectivity index is 1.66. The van der Waals surface area contributed by atoms with Crippen LogP contribution >= 0.6 is 11.8 Å². The van der Waals surface area contributed by atoms with Crippen LogP contribution in [0.2, 0.25) is 0 Å². The smallest absolute Gasteiger partial charge is 0.279 e. The molecule has 1 amide bonds. The molecule has 156 valence electrons. The summed E-state index contributed by atoms with van der Waals surface area (Å²) in [5.41, 5.74) is 2.17. The summed E-state index contributed by atoms with van der Waals surface area (Å²) >= 11 is 1.46. The number of aromatic nitrogens is 2. The molecule has 0 aliphatic carbocycles. The van der Waals surface area contributed by atoms with E-state index in [2.05, 4.69) is 16.2 Å². The summed E-state index contributed by atoms with van der Waals surface area (Å²) in [7, 11) is 1.82. The summed E-state index contributed by atoms with van der Waals surface area (Å²) in [6.45, 7) is 0.182. The molecule has 6 nitrogen and oxygen atoms in total. The summed E-state index contributed by atoms with van der Waals surface area (Å²) in [5, 5.41) is 3.43. The topological polar surface area (TPSA) is 73.2 Å². The van der Waals surface area contributed by atoms with Gasteiger partial charge in [-0.25, -0.2) is 0 Å². The maximum atomic E-state index is 13.0. The van der Waals surface area contributed by atoms with Gasteiger partial charge in [-0.05, 0) is 23.3 Å². The SMILES string of the molecule is C#CCOc1ccc(C2CC(=O)Nc3c2c(=O)nc(SCc2ccccc2)n3C)cc1. The highest BCUT2D eigenvalue weighted by atomic mass is 32.2. The van der Waals surface area contributed by atoms with E-state index < -0.39 is 0 Å². The van der Waals surface area contributed by atoms with Crippen molar-refractivity contribution in [2.24, 2.45) is 7.05 Å². The number of anilines is 1. The molecule has 0 radical (unpaired) electrons. The Morgan fingerprint density at radius 3 is 2.65 bits per heavy atom. The van der Waals surface area contributed by atoms with Gasteiger partial charge < -0.3 is 14.6 Å². The third-order valence-electron chi connectivity index (χ3n) is 5.12. The number of thioether (sulfide) groups is 1. The maximum Gasteiger partial charge on any atom is 0.279 e. The second-order valence-corrected chi connectivity index (χ2v) is 8.10. The number of terminal acetylenes is 1. The molecule has 0 saturated heterocycles. The molecule has 2 heterocycles. The fourth-order valence-electron chi connectivity index (χ4n) is 3.59. The summed E-state index contributed by atoms with van der Waals surface area (Å²) in [6.07, 6.45) is 5.41. The van der Waals surface area contributed by atoms with E-state index in [0.717, 1.165) is 11.1 Å². The lowest BCUT2D eigenvalue weighted by molar-refractivity contribution is -0.116. The van der Waals surface area contributed by atoms with Crippen molar-refractivity contribution in [3.05, 3.63) is 81.6 Å². The first-order valence-electron chi connectivity index (χ1n) is 9.80. The first-order chi connectivity index (χ1) is 15.1. The fraction of sp³-hybridized carbons (Fsp3) is 0.208. The number of hydrogen-bond acceptors (Lipinski definition) is 5. The predicted octanol–water partition coefficient (Wildman–Crippen LogP) is 3.56. The zero-order chi connectivity index (χ0) is 21.8. The highest BCUT2D eigenvalue weighted by Crippen LogP contribution is 2.36. The average Bonchev–Trinajstić information content (AvgIpc) is 2.79. The molecule has 0 spiro atoms. The van der Waals surface area contributed by atoms with Crippen LogP contribution in [0.3, 0.4) is 0 Å². The quantitative estimate of drug-likeness (QED) is 0.367. The number of carbonyl (C=O) groups is 1. The molecule has 31 heavy (non-hydrogen) atoms. The van der Waals surface area contributed by atoms with E-state index in [1.165, 1.54) is 11.8 Å². The molecule has 1 aromatic heterocycles. The lowest BCUT2D eigenvalue weighted by Crippen LogP contribution is -2.33. The number of amides is 1. The molecular formula is C24H21N3O3S. The van der Waals surface area contributed by atoms with Crippen molar-refractivity contribution in [2.45, 2.75) is 23.2 Å². The molecule has 0 bridgehead atoms. The van der Waals surface area contributed by atoms with E-state index in [4.69, 9.17) is 11.2 Å². The molecule has 1 N–H and O–H groups in total. The van der Waals surface area contributed by atoms with Gasteiger partial charge in [0.15, 0.2) is 5.16 Å². The number of ether oxygens (including phenoxy) is 1. The van der Waals surface area contributed by atoms with Crippen LogP contribution in [0, 0.1) is 12.3 Å². The maximum absolute atomic E-state index is 13.0. The van der Waals surface area contributed by atoms with E-state index in [0.29, 0.717) is 28.0 Å². The van der Waals surface area contributed by atoms with Gasteiger partial charge in [0, 0.05) is 25.1 Å². The molecular weight excluding hydrogens is 410 g/mol. The molecule has 0 saturated carbocycles. The van der Waals surface area contributed by atoms with Crippen molar-refractivity contribution in [3.8, 4) is 18.1 Å². The second-order valence-electron chi connectivity index (χ2n) is 7.16. The zero-order valence-corrected chi connectivity index (χ0v) is 17.8. The molecule has 2 aromatic carbocycles. The van der Waals surface area contributed by atoms with Gasteiger partial charge >= 0.3 is 0 Å². The number of hydrogen-bond donors (Lipinski definition) is 1. The van der Waals surface area contributed by atoms with Crippen molar-refractivity contribution < 1.29 is 9.53 Å². The molecule has 1 atom stereocenters. The van der Waals surface area contributed by atoms with E-state index >= 15 is 0 Å². The third kappa shape index (κ3) is 4.49. The Bertz CT molecular complexity index is 1200. The van der Waals surface area contributed by atoms with Crippen LogP contribution in [0.4, 0.5) is 5.82 Å². The number of carbonyl (C=O) groups excluding carboxylic acids is 1. The van der Waals surface area contributed by atoms with Gasteiger partial charge in [0.25, 0.3) is 5.56 Å². The monoisotopic (exact) mass is 431 g/mol. The van der Waals surface area contributed by atoms with Gasteiger partial charge in [-0.3, -0.25) is 9.59 Å². The van der Waals surface area contributed by atoms with Gasteiger partial charge in [0.1, 0.15) is 18.2 Å². The van der Waals surface area contributed by atoms with Crippen LogP contribution < -0.4 is 15.6 Å². The van der Waals surface area contributed by atoms with Gasteiger partial charge in [-0.15, -0.1) is 6.42 Å². The minimum Gasteiger partial charge on any atom is -0.481 e. The fourth-order valence-corrected chi connectivity index (χ4v) is 4.51. The van der Waals surface area contributed by atoms with Crippen molar-refractivity contribution >= 4 is 23.5 Å². The van der Waals surface area contributed by atoms with Crippen molar-refractivity contribution in [3.63, 3.8) is 0 Å². The Morgan fingerprint density at radius 1 is 1.19 bits per heavy atom. The summed E-state index contributed by atoms with van der Waals surface area (Å²) in [6, 6.07) is 17.3. The third-order valence-corrected chi connectivity index (χ3v) is 6.22. The standard InChI is InChI=1S/C24H21N3O3S/c1-3-13-30-18-11-9-17(10-12-18)19-14-20(28)25-22-21(19)23(29)26-24(27(22)2)31-15-16-7-5-4-6-8-16/h1,4-12,19H,13-15H2,2H3,(H,25,28). The highest BCUT2D eigenvalue weighted by molar-refractivity contribution is 7.98. The first-order valence-corrected chi connectivity index (χ1v) is 10.8. The Hall–Kier alpha value is -3.50. The van der Waals surface area contributed by atoms with Gasteiger partial charge in [-0.1, -0.05) is 60.1 Å². The summed E-state index contributed by atoms with van der Waals surface area (Å²) in [4.78, 5) is 29.8. The van der Waals surface area contributed by atoms with E-state index in [1.54, 1.807) is 16.7 Å². The number of nitrogens with one attached hydrogen (secondary N) is 1. The van der Waals surface area contributed by atoms with Crippen LogP contribution in [0.15, 0.2) is 64.5 Å². The number of nitrogens with zero attached hydrogens (tertiary/aromatic N) is 2. The minimum absolute atomic E-state index is 0.134. The Labute approximate surface area is 184 Å². The van der Waals surface area contributed by atoms with Crippen LogP contribution in [0.25, 0.3) is 0 Å². The second kappa shape index (κ2) is 9.11. The largest absolute Gasteiger partial charge is 0.481 e. The Morgan fingerprint density at radius 2 is 1.94 bits per heavy atom. The van der Waals surface area contributed by atoms with Gasteiger partial charge in [-0.2, -0.15) is 4.98 Å². The van der Waals surface area contributed by atoms with Crippen LogP contribution in [-0.4, -0.2) is 22.1 Å². The van der Waals surface area contributed by atoms with Crippen molar-refractivity contribution in [2.75, 3.05) is 11.9 Å². The van der Waals surface area contributed by atoms with Crippen molar-refractivity contribution in [1.29, 1.82) is 0 Å². The molecule has 7 heteroatoms. The molecule has 0 fully saturated rings. The molecule has 1 unspecified atom stereocenters. The van der Waals surface area contributed by atoms with Crippen LogP contribution in [-0.2, 0) is 17.6 Å². The summed E-state index contributed by atoms with van der Waals surface area (Å²) < 4.78 is 7.20. The number of fused-ring (bicyclic) bond motifs is 1. The van der Waals surface area contributed by atoms with Gasteiger partial charge in [0.05, 0.1) is 5.56 Å². The lowest BCUT2D eigenvalue weighted by atomic mass is 9.87. The predicted molar refractivity (Wildman–Crippen MR) is 121 cm³/mol. The number of benzene rings is 2. The minimum atomic E-state index is -0.371. The van der Waals surface area contributed by atoms with E-state index in [1.807, 2.05) is 49.5 Å². The normalized spacial score (nSPS) is 15.0.